The van der Waals surface area contributed by atoms with Gasteiger partial charge in [-0.1, -0.05) is 0 Å². The van der Waals surface area contributed by atoms with Crippen molar-refractivity contribution in [3.8, 4) is 5.75 Å². The molecule has 2 amide bonds. The maximum atomic E-state index is 13.6. The number of piperidine rings is 2. The van der Waals surface area contributed by atoms with Gasteiger partial charge in [0.15, 0.2) is 0 Å². The van der Waals surface area contributed by atoms with Crippen molar-refractivity contribution in [3.05, 3.63) is 24.3 Å². The lowest BCUT2D eigenvalue weighted by molar-refractivity contribution is -0.163. The SMILES string of the molecule is CC(=O)N1CCC(Oc2ccc(N3CCC[C@H](NC(=O)C45CC6CC(C4)C(O)C(C6)C5)C3)cc2)CC1. The molecule has 1 aromatic rings. The van der Waals surface area contributed by atoms with Crippen molar-refractivity contribution in [2.45, 2.75) is 83.0 Å². The average molecular weight is 496 g/mol. The number of rotatable bonds is 5. The number of aliphatic hydroxyl groups is 1. The summed E-state index contributed by atoms with van der Waals surface area (Å²) in [6, 6.07) is 8.53. The molecule has 0 radical (unpaired) electrons. The summed E-state index contributed by atoms with van der Waals surface area (Å²) >= 11 is 0. The topological polar surface area (TPSA) is 82.1 Å². The van der Waals surface area contributed by atoms with E-state index >= 15 is 0 Å². The van der Waals surface area contributed by atoms with Gasteiger partial charge in [-0.2, -0.15) is 0 Å². The Morgan fingerprint density at radius 3 is 2.36 bits per heavy atom. The van der Waals surface area contributed by atoms with E-state index in [9.17, 15) is 14.7 Å². The number of carbonyl (C=O) groups excluding carboxylic acids is 2. The molecule has 0 spiro atoms. The van der Waals surface area contributed by atoms with Gasteiger partial charge in [-0.05, 0) is 87.0 Å². The Kier molecular flexibility index (Phi) is 6.39. The van der Waals surface area contributed by atoms with Crippen LogP contribution in [0.25, 0.3) is 0 Å². The minimum absolute atomic E-state index is 0.144. The number of ether oxygens (including phenoxy) is 1. The Hall–Kier alpha value is -2.28. The lowest BCUT2D eigenvalue weighted by atomic mass is 9.48. The minimum atomic E-state index is -0.239. The van der Waals surface area contributed by atoms with Gasteiger partial charge in [-0.3, -0.25) is 9.59 Å². The first-order valence-corrected chi connectivity index (χ1v) is 14.1. The van der Waals surface area contributed by atoms with Crippen molar-refractivity contribution in [2.24, 2.45) is 23.2 Å². The van der Waals surface area contributed by atoms with E-state index in [2.05, 4.69) is 34.5 Å². The second kappa shape index (κ2) is 9.55. The Balaban J connectivity index is 1.03. The van der Waals surface area contributed by atoms with Gasteiger partial charge < -0.3 is 25.0 Å². The van der Waals surface area contributed by atoms with E-state index in [4.69, 9.17) is 4.74 Å². The monoisotopic (exact) mass is 495 g/mol. The Morgan fingerprint density at radius 1 is 1.00 bits per heavy atom. The first-order chi connectivity index (χ1) is 17.4. The highest BCUT2D eigenvalue weighted by Crippen LogP contribution is 2.60. The van der Waals surface area contributed by atoms with Gasteiger partial charge in [0.2, 0.25) is 11.8 Å². The predicted molar refractivity (Wildman–Crippen MR) is 138 cm³/mol. The normalized spacial score (nSPS) is 36.1. The maximum Gasteiger partial charge on any atom is 0.226 e. The lowest BCUT2D eigenvalue weighted by Crippen LogP contribution is -2.60. The van der Waals surface area contributed by atoms with Crippen LogP contribution in [0.3, 0.4) is 0 Å². The number of amides is 2. The minimum Gasteiger partial charge on any atom is -0.490 e. The molecule has 4 aliphatic carbocycles. The van der Waals surface area contributed by atoms with E-state index in [-0.39, 0.29) is 35.5 Å². The zero-order chi connectivity index (χ0) is 24.9. The number of benzene rings is 1. The molecule has 4 saturated carbocycles. The van der Waals surface area contributed by atoms with Crippen molar-refractivity contribution >= 4 is 17.5 Å². The molecule has 196 valence electrons. The molecule has 2 saturated heterocycles. The van der Waals surface area contributed by atoms with Crippen LogP contribution in [-0.4, -0.2) is 66.2 Å². The second-order valence-corrected chi connectivity index (χ2v) is 12.3. The summed E-state index contributed by atoms with van der Waals surface area (Å²) < 4.78 is 6.19. The smallest absolute Gasteiger partial charge is 0.226 e. The van der Waals surface area contributed by atoms with E-state index in [1.54, 1.807) is 6.92 Å². The third-order valence-corrected chi connectivity index (χ3v) is 9.85. The predicted octanol–water partition coefficient (Wildman–Crippen LogP) is 3.35. The second-order valence-electron chi connectivity index (χ2n) is 12.3. The fourth-order valence-corrected chi connectivity index (χ4v) is 8.16. The molecule has 6 aliphatic rings. The number of anilines is 1. The number of nitrogens with one attached hydrogen (secondary N) is 1. The van der Waals surface area contributed by atoms with E-state index in [1.165, 1.54) is 5.69 Å². The van der Waals surface area contributed by atoms with Crippen LogP contribution >= 0.6 is 0 Å². The molecular formula is C29H41N3O4. The highest BCUT2D eigenvalue weighted by Gasteiger charge is 2.58. The highest BCUT2D eigenvalue weighted by molar-refractivity contribution is 5.83. The highest BCUT2D eigenvalue weighted by atomic mass is 16.5. The van der Waals surface area contributed by atoms with Gasteiger partial charge in [0.1, 0.15) is 11.9 Å². The van der Waals surface area contributed by atoms with Gasteiger partial charge in [-0.15, -0.1) is 0 Å². The maximum absolute atomic E-state index is 13.6. The van der Waals surface area contributed by atoms with Crippen LogP contribution < -0.4 is 15.0 Å². The molecule has 7 rings (SSSR count). The molecular weight excluding hydrogens is 454 g/mol. The van der Waals surface area contributed by atoms with Crippen molar-refractivity contribution in [1.82, 2.24) is 10.2 Å². The molecule has 7 heteroatoms. The molecule has 3 atom stereocenters. The third kappa shape index (κ3) is 4.59. The Labute approximate surface area is 214 Å². The molecule has 2 aliphatic heterocycles. The molecule has 7 nitrogen and oxygen atoms in total. The summed E-state index contributed by atoms with van der Waals surface area (Å²) in [5.41, 5.74) is 0.933. The van der Waals surface area contributed by atoms with Gasteiger partial charge in [0, 0.05) is 57.7 Å². The van der Waals surface area contributed by atoms with Crippen LogP contribution in [-0.2, 0) is 9.59 Å². The molecule has 1 aromatic carbocycles. The van der Waals surface area contributed by atoms with Crippen LogP contribution in [0.15, 0.2) is 24.3 Å². The van der Waals surface area contributed by atoms with Gasteiger partial charge >= 0.3 is 0 Å². The van der Waals surface area contributed by atoms with Gasteiger partial charge in [0.25, 0.3) is 0 Å². The third-order valence-electron chi connectivity index (χ3n) is 9.85. The van der Waals surface area contributed by atoms with Crippen LogP contribution in [0.1, 0.15) is 64.7 Å². The van der Waals surface area contributed by atoms with E-state index in [0.717, 1.165) is 89.7 Å². The van der Waals surface area contributed by atoms with Crippen molar-refractivity contribution in [3.63, 3.8) is 0 Å². The summed E-state index contributed by atoms with van der Waals surface area (Å²) in [7, 11) is 0. The average Bonchev–Trinajstić information content (AvgIpc) is 2.87. The van der Waals surface area contributed by atoms with Gasteiger partial charge in [0.05, 0.1) is 11.5 Å². The first-order valence-electron chi connectivity index (χ1n) is 14.1. The zero-order valence-electron chi connectivity index (χ0n) is 21.5. The van der Waals surface area contributed by atoms with Crippen LogP contribution in [0, 0.1) is 23.2 Å². The van der Waals surface area contributed by atoms with Crippen molar-refractivity contribution in [2.75, 3.05) is 31.1 Å². The van der Waals surface area contributed by atoms with E-state index in [1.807, 2.05) is 4.90 Å². The molecule has 4 bridgehead atoms. The number of likely N-dealkylation sites (tertiary alicyclic amines) is 1. The number of hydrogen-bond donors (Lipinski definition) is 2. The van der Waals surface area contributed by atoms with Crippen LogP contribution in [0.5, 0.6) is 5.75 Å². The molecule has 36 heavy (non-hydrogen) atoms. The fraction of sp³-hybridized carbons (Fsp3) is 0.724. The largest absolute Gasteiger partial charge is 0.490 e. The number of hydrogen-bond acceptors (Lipinski definition) is 5. The summed E-state index contributed by atoms with van der Waals surface area (Å²) in [5.74, 6) is 2.55. The van der Waals surface area contributed by atoms with E-state index in [0.29, 0.717) is 17.8 Å². The number of nitrogens with zero attached hydrogens (tertiary/aromatic N) is 2. The Morgan fingerprint density at radius 2 is 1.69 bits per heavy atom. The molecule has 0 aromatic heterocycles. The number of carbonyl (C=O) groups is 2. The number of aliphatic hydroxyl groups excluding tert-OH is 1. The van der Waals surface area contributed by atoms with Crippen molar-refractivity contribution < 1.29 is 19.4 Å². The molecule has 6 fully saturated rings. The first kappa shape index (κ1) is 24.1. The summed E-state index contributed by atoms with van der Waals surface area (Å²) in [6.07, 6.45) is 8.80. The molecule has 2 heterocycles. The van der Waals surface area contributed by atoms with Crippen LogP contribution in [0.2, 0.25) is 0 Å². The summed E-state index contributed by atoms with van der Waals surface area (Å²) in [5, 5.41) is 14.0. The zero-order valence-corrected chi connectivity index (χ0v) is 21.5. The van der Waals surface area contributed by atoms with Crippen molar-refractivity contribution in [1.29, 1.82) is 0 Å². The summed E-state index contributed by atoms with van der Waals surface area (Å²) in [6.45, 7) is 5.00. The fourth-order valence-electron chi connectivity index (χ4n) is 8.16. The van der Waals surface area contributed by atoms with Crippen LogP contribution in [0.4, 0.5) is 5.69 Å². The van der Waals surface area contributed by atoms with Gasteiger partial charge in [-0.25, -0.2) is 0 Å². The molecule has 2 unspecified atom stereocenters. The van der Waals surface area contributed by atoms with E-state index < -0.39 is 0 Å². The molecule has 2 N–H and O–H groups in total. The summed E-state index contributed by atoms with van der Waals surface area (Å²) in [4.78, 5) is 29.4. The Bertz CT molecular complexity index is 957. The standard InChI is InChI=1S/C29H41N3O4/c1-19(33)31-11-8-26(9-12-31)36-25-6-4-24(5-7-25)32-10-2-3-23(18-32)30-28(35)29-15-20-13-21(16-29)27(34)22(14-20)17-29/h4-7,20-23,26-27,34H,2-3,8-18H2,1H3,(H,30,35)/t20?,21?,22?,23-,27?,29?/m0/s1. The quantitative estimate of drug-likeness (QED) is 0.655. The lowest BCUT2D eigenvalue weighted by Gasteiger charge is -2.58.